The molecule has 0 aliphatic rings. The third kappa shape index (κ3) is 5.85. The number of hydrogen-bond donors (Lipinski definition) is 2. The molecule has 4 rings (SSSR count). The van der Waals surface area contributed by atoms with Crippen molar-refractivity contribution in [2.75, 3.05) is 31.9 Å². The van der Waals surface area contributed by atoms with Crippen LogP contribution in [0.2, 0.25) is 5.02 Å². The number of amides is 1. The van der Waals surface area contributed by atoms with E-state index in [-0.39, 0.29) is 29.1 Å². The quantitative estimate of drug-likeness (QED) is 0.222. The Bertz CT molecular complexity index is 1610. The Labute approximate surface area is 240 Å². The van der Waals surface area contributed by atoms with Crippen molar-refractivity contribution in [1.82, 2.24) is 14.5 Å². The van der Waals surface area contributed by atoms with Crippen LogP contribution in [0.15, 0.2) is 48.8 Å². The minimum absolute atomic E-state index is 0.0362. The molecule has 1 unspecified atom stereocenters. The summed E-state index contributed by atoms with van der Waals surface area (Å²) in [6, 6.07) is 8.16. The van der Waals surface area contributed by atoms with Crippen molar-refractivity contribution in [3.8, 4) is 17.6 Å². The van der Waals surface area contributed by atoms with Crippen LogP contribution < -0.4 is 20.1 Å². The molecule has 0 spiro atoms. The van der Waals surface area contributed by atoms with Gasteiger partial charge >= 0.3 is 6.01 Å². The number of halogens is 3. The van der Waals surface area contributed by atoms with Crippen LogP contribution >= 0.6 is 11.6 Å². The van der Waals surface area contributed by atoms with Gasteiger partial charge in [-0.15, -0.1) is 0 Å². The van der Waals surface area contributed by atoms with Gasteiger partial charge in [0.25, 0.3) is 5.91 Å². The molecule has 0 aliphatic heterocycles. The monoisotopic (exact) mass is 583 g/mol. The normalized spacial score (nSPS) is 11.7. The summed E-state index contributed by atoms with van der Waals surface area (Å²) in [6.07, 6.45) is 3.76. The zero-order valence-electron chi connectivity index (χ0n) is 23.0. The zero-order chi connectivity index (χ0) is 29.8. The molecule has 0 aliphatic carbocycles. The second-order valence-electron chi connectivity index (χ2n) is 9.30. The van der Waals surface area contributed by atoms with Crippen LogP contribution in [0.1, 0.15) is 52.9 Å². The van der Waals surface area contributed by atoms with Gasteiger partial charge < -0.3 is 29.5 Å². The molecule has 0 bridgehead atoms. The van der Waals surface area contributed by atoms with Crippen LogP contribution in [0.5, 0.6) is 11.9 Å². The third-order valence-corrected chi connectivity index (χ3v) is 6.70. The lowest BCUT2D eigenvalue weighted by molar-refractivity contribution is -0.108. The first-order valence-corrected chi connectivity index (χ1v) is 12.9. The maximum atomic E-state index is 13.9. The number of methoxy groups -OCH3 is 2. The van der Waals surface area contributed by atoms with Crippen molar-refractivity contribution in [2.45, 2.75) is 25.7 Å². The molecule has 0 saturated heterocycles. The fourth-order valence-electron chi connectivity index (χ4n) is 4.68. The van der Waals surface area contributed by atoms with Gasteiger partial charge in [0.1, 0.15) is 12.0 Å². The molecule has 9 nitrogen and oxygen atoms in total. The predicted octanol–water partition coefficient (Wildman–Crippen LogP) is 5.96. The van der Waals surface area contributed by atoms with Crippen LogP contribution in [0.25, 0.3) is 5.69 Å². The molecule has 41 heavy (non-hydrogen) atoms. The third-order valence-electron chi connectivity index (χ3n) is 6.47. The summed E-state index contributed by atoms with van der Waals surface area (Å²) in [5.41, 5.74) is 2.70. The maximum Gasteiger partial charge on any atom is 0.319 e. The molecule has 4 aromatic rings. The summed E-state index contributed by atoms with van der Waals surface area (Å²) >= 11 is 6.22. The highest BCUT2D eigenvalue weighted by Crippen LogP contribution is 2.40. The van der Waals surface area contributed by atoms with Gasteiger partial charge in [-0.05, 0) is 35.7 Å². The summed E-state index contributed by atoms with van der Waals surface area (Å²) < 4.78 is 39.8. The Morgan fingerprint density at radius 1 is 1.10 bits per heavy atom. The van der Waals surface area contributed by atoms with Crippen LogP contribution in [0, 0.1) is 11.6 Å². The SMILES string of the molecule is CNc1cc(Cl)ccc1C(C=O)c1c(C(=O)Nc2ccc(F)c(F)c2)cn(-c2cnc(OC)nc2OC)c1C(C)C. The second kappa shape index (κ2) is 12.3. The molecule has 2 aromatic heterocycles. The van der Waals surface area contributed by atoms with Gasteiger partial charge in [0.2, 0.25) is 5.88 Å². The molecule has 1 amide bonds. The van der Waals surface area contributed by atoms with Crippen molar-refractivity contribution in [3.05, 3.63) is 87.8 Å². The summed E-state index contributed by atoms with van der Waals surface area (Å²) in [7, 11) is 4.55. The molecule has 1 atom stereocenters. The highest BCUT2D eigenvalue weighted by atomic mass is 35.5. The maximum absolute atomic E-state index is 13.9. The fraction of sp³-hybridized carbons (Fsp3) is 0.241. The van der Waals surface area contributed by atoms with E-state index >= 15 is 0 Å². The number of anilines is 2. The van der Waals surface area contributed by atoms with E-state index in [0.717, 1.165) is 18.4 Å². The molecule has 2 N–H and O–H groups in total. The Morgan fingerprint density at radius 2 is 1.85 bits per heavy atom. The van der Waals surface area contributed by atoms with Crippen LogP contribution in [0.4, 0.5) is 20.2 Å². The van der Waals surface area contributed by atoms with Gasteiger partial charge in [-0.3, -0.25) is 4.79 Å². The van der Waals surface area contributed by atoms with Crippen LogP contribution in [-0.4, -0.2) is 48.0 Å². The number of ether oxygens (including phenoxy) is 2. The first-order chi connectivity index (χ1) is 19.6. The Kier molecular flexibility index (Phi) is 8.87. The molecule has 0 radical (unpaired) electrons. The molecule has 2 heterocycles. The van der Waals surface area contributed by atoms with E-state index in [1.807, 2.05) is 13.8 Å². The lowest BCUT2D eigenvalue weighted by atomic mass is 9.86. The number of carbonyl (C=O) groups is 2. The first-order valence-electron chi connectivity index (χ1n) is 12.5. The smallest absolute Gasteiger partial charge is 0.319 e. The fourth-order valence-corrected chi connectivity index (χ4v) is 4.85. The second-order valence-corrected chi connectivity index (χ2v) is 9.73. The number of carbonyl (C=O) groups excluding carboxylic acids is 2. The van der Waals surface area contributed by atoms with Gasteiger partial charge in [-0.2, -0.15) is 4.98 Å². The highest BCUT2D eigenvalue weighted by Gasteiger charge is 2.32. The average Bonchev–Trinajstić information content (AvgIpc) is 3.36. The summed E-state index contributed by atoms with van der Waals surface area (Å²) in [5.74, 6) is -3.80. The van der Waals surface area contributed by atoms with Crippen molar-refractivity contribution in [2.24, 2.45) is 0 Å². The van der Waals surface area contributed by atoms with E-state index in [2.05, 4.69) is 20.6 Å². The first kappa shape index (κ1) is 29.5. The Balaban J connectivity index is 2.01. The van der Waals surface area contributed by atoms with Crippen LogP contribution in [-0.2, 0) is 4.79 Å². The molecular formula is C29H28ClF2N5O4. The number of aromatic nitrogens is 3. The molecular weight excluding hydrogens is 556 g/mol. The Morgan fingerprint density at radius 3 is 2.46 bits per heavy atom. The minimum atomic E-state index is -1.12. The van der Waals surface area contributed by atoms with Crippen molar-refractivity contribution in [1.29, 1.82) is 0 Å². The van der Waals surface area contributed by atoms with Crippen molar-refractivity contribution < 1.29 is 27.8 Å². The van der Waals surface area contributed by atoms with Gasteiger partial charge in [0.15, 0.2) is 11.6 Å². The van der Waals surface area contributed by atoms with E-state index in [1.54, 1.807) is 36.0 Å². The summed E-state index contributed by atoms with van der Waals surface area (Å²) in [6.45, 7) is 3.82. The van der Waals surface area contributed by atoms with E-state index in [0.29, 0.717) is 33.2 Å². The van der Waals surface area contributed by atoms with E-state index < -0.39 is 23.5 Å². The van der Waals surface area contributed by atoms with Gasteiger partial charge in [0, 0.05) is 47.0 Å². The number of rotatable bonds is 10. The largest absolute Gasteiger partial charge is 0.479 e. The lowest BCUT2D eigenvalue weighted by Crippen LogP contribution is -2.17. The number of nitrogens with one attached hydrogen (secondary N) is 2. The molecule has 0 saturated carbocycles. The Hall–Kier alpha value is -4.51. The van der Waals surface area contributed by atoms with Gasteiger partial charge in [0.05, 0.1) is 31.9 Å². The molecule has 214 valence electrons. The van der Waals surface area contributed by atoms with E-state index in [4.69, 9.17) is 21.1 Å². The molecule has 0 fully saturated rings. The summed E-state index contributed by atoms with van der Waals surface area (Å²) in [5, 5.41) is 6.13. The van der Waals surface area contributed by atoms with E-state index in [9.17, 15) is 18.4 Å². The standard InChI is InChI=1S/C29H28ClF2N5O4/c1-15(2)26-25(20(14-38)18-8-6-16(30)10-23(18)33-3)19(27(39)35-17-7-9-21(31)22(32)11-17)13-37(26)24-12-34-29(41-5)36-28(24)40-4/h6-15,20,33H,1-5H3,(H,35,39). The number of hydrogen-bond acceptors (Lipinski definition) is 7. The predicted molar refractivity (Wildman–Crippen MR) is 152 cm³/mol. The van der Waals surface area contributed by atoms with Crippen LogP contribution in [0.3, 0.4) is 0 Å². The van der Waals surface area contributed by atoms with Crippen molar-refractivity contribution >= 4 is 35.2 Å². The zero-order valence-corrected chi connectivity index (χ0v) is 23.7. The topological polar surface area (TPSA) is 107 Å². The number of aldehydes is 1. The van der Waals surface area contributed by atoms with E-state index in [1.165, 1.54) is 26.5 Å². The minimum Gasteiger partial charge on any atom is -0.479 e. The lowest BCUT2D eigenvalue weighted by Gasteiger charge is -2.21. The van der Waals surface area contributed by atoms with Crippen molar-refractivity contribution in [3.63, 3.8) is 0 Å². The number of nitrogens with zero attached hydrogens (tertiary/aromatic N) is 3. The number of benzene rings is 2. The molecule has 12 heteroatoms. The van der Waals surface area contributed by atoms with Gasteiger partial charge in [-0.25, -0.2) is 13.8 Å². The highest BCUT2D eigenvalue weighted by molar-refractivity contribution is 6.30. The average molecular weight is 584 g/mol. The summed E-state index contributed by atoms with van der Waals surface area (Å²) in [4.78, 5) is 35.1. The molecule has 2 aromatic carbocycles. The van der Waals surface area contributed by atoms with Gasteiger partial charge in [-0.1, -0.05) is 31.5 Å².